The summed E-state index contributed by atoms with van der Waals surface area (Å²) in [5.74, 6) is 1.98. The molecular formula is C20H24Cl2N2O3. The maximum absolute atomic E-state index is 6.15. The minimum absolute atomic E-state index is 0.585. The predicted octanol–water partition coefficient (Wildman–Crippen LogP) is 4.34. The zero-order valence-electron chi connectivity index (χ0n) is 15.8. The highest BCUT2D eigenvalue weighted by molar-refractivity contribution is 6.42. The van der Waals surface area contributed by atoms with E-state index in [0.717, 1.165) is 44.0 Å². The summed E-state index contributed by atoms with van der Waals surface area (Å²) in [7, 11) is 4.89. The maximum Gasteiger partial charge on any atom is 0.203 e. The molecule has 0 amide bonds. The van der Waals surface area contributed by atoms with Crippen LogP contribution in [0.5, 0.6) is 17.2 Å². The van der Waals surface area contributed by atoms with Crippen LogP contribution in [-0.2, 0) is 6.54 Å². The Hall–Kier alpha value is -1.82. The summed E-state index contributed by atoms with van der Waals surface area (Å²) in [6.45, 7) is 4.60. The van der Waals surface area contributed by atoms with Crippen LogP contribution in [0, 0.1) is 0 Å². The number of hydrogen-bond donors (Lipinski definition) is 0. The van der Waals surface area contributed by atoms with Crippen LogP contribution in [-0.4, -0.2) is 52.4 Å². The SMILES string of the molecule is COc1cc(CN2CCN(c3ccc(Cl)c(Cl)c3)CC2)cc(OC)c1OC. The molecule has 0 aliphatic carbocycles. The molecule has 0 saturated carbocycles. The summed E-state index contributed by atoms with van der Waals surface area (Å²) in [5, 5.41) is 1.18. The summed E-state index contributed by atoms with van der Waals surface area (Å²) in [6, 6.07) is 9.81. The molecule has 5 nitrogen and oxygen atoms in total. The minimum atomic E-state index is 0.585. The first-order valence-corrected chi connectivity index (χ1v) is 9.52. The largest absolute Gasteiger partial charge is 0.493 e. The summed E-state index contributed by atoms with van der Waals surface area (Å²) >= 11 is 12.2. The third-order valence-corrected chi connectivity index (χ3v) is 5.51. The fourth-order valence-electron chi connectivity index (χ4n) is 3.33. The molecule has 0 aromatic heterocycles. The molecule has 27 heavy (non-hydrogen) atoms. The van der Waals surface area contributed by atoms with Crippen molar-refractivity contribution in [2.75, 3.05) is 52.4 Å². The molecule has 3 rings (SSSR count). The summed E-state index contributed by atoms with van der Waals surface area (Å²) < 4.78 is 16.3. The molecule has 2 aromatic rings. The van der Waals surface area contributed by atoms with E-state index in [0.29, 0.717) is 27.3 Å². The van der Waals surface area contributed by atoms with Crippen LogP contribution in [0.25, 0.3) is 0 Å². The van der Waals surface area contributed by atoms with Gasteiger partial charge in [0.1, 0.15) is 0 Å². The van der Waals surface area contributed by atoms with E-state index in [9.17, 15) is 0 Å². The Morgan fingerprint density at radius 1 is 0.815 bits per heavy atom. The van der Waals surface area contributed by atoms with Crippen molar-refractivity contribution in [3.63, 3.8) is 0 Å². The van der Waals surface area contributed by atoms with Crippen molar-refractivity contribution in [3.8, 4) is 17.2 Å². The van der Waals surface area contributed by atoms with Gasteiger partial charge in [0.2, 0.25) is 5.75 Å². The van der Waals surface area contributed by atoms with Crippen LogP contribution < -0.4 is 19.1 Å². The van der Waals surface area contributed by atoms with Gasteiger partial charge in [-0.05, 0) is 35.9 Å². The zero-order chi connectivity index (χ0) is 19.4. The molecule has 0 N–H and O–H groups in total. The van der Waals surface area contributed by atoms with Crippen LogP contribution in [0.3, 0.4) is 0 Å². The number of methoxy groups -OCH3 is 3. The summed E-state index contributed by atoms with van der Waals surface area (Å²) in [5.41, 5.74) is 2.24. The van der Waals surface area contributed by atoms with E-state index in [-0.39, 0.29) is 0 Å². The Labute approximate surface area is 170 Å². The van der Waals surface area contributed by atoms with Gasteiger partial charge in [-0.15, -0.1) is 0 Å². The zero-order valence-corrected chi connectivity index (χ0v) is 17.3. The van der Waals surface area contributed by atoms with Gasteiger partial charge in [-0.25, -0.2) is 0 Å². The van der Waals surface area contributed by atoms with Crippen LogP contribution in [0.4, 0.5) is 5.69 Å². The minimum Gasteiger partial charge on any atom is -0.493 e. The first kappa shape index (κ1) is 19.9. The second kappa shape index (κ2) is 8.91. The lowest BCUT2D eigenvalue weighted by Crippen LogP contribution is -2.45. The quantitative estimate of drug-likeness (QED) is 0.707. The third kappa shape index (κ3) is 4.54. The Morgan fingerprint density at radius 3 is 1.96 bits per heavy atom. The number of anilines is 1. The van der Waals surface area contributed by atoms with Gasteiger partial charge < -0.3 is 19.1 Å². The van der Waals surface area contributed by atoms with Gasteiger partial charge in [0.25, 0.3) is 0 Å². The highest BCUT2D eigenvalue weighted by atomic mass is 35.5. The Bertz CT molecular complexity index is 768. The van der Waals surface area contributed by atoms with Crippen molar-refractivity contribution in [3.05, 3.63) is 45.9 Å². The van der Waals surface area contributed by atoms with Crippen LogP contribution in [0.2, 0.25) is 10.0 Å². The third-order valence-electron chi connectivity index (χ3n) is 4.77. The fourth-order valence-corrected chi connectivity index (χ4v) is 3.62. The molecule has 0 bridgehead atoms. The lowest BCUT2D eigenvalue weighted by Gasteiger charge is -2.36. The lowest BCUT2D eigenvalue weighted by molar-refractivity contribution is 0.248. The fraction of sp³-hybridized carbons (Fsp3) is 0.400. The number of rotatable bonds is 6. The van der Waals surface area contributed by atoms with E-state index in [4.69, 9.17) is 37.4 Å². The van der Waals surface area contributed by atoms with E-state index < -0.39 is 0 Å². The van der Waals surface area contributed by atoms with Crippen molar-refractivity contribution < 1.29 is 14.2 Å². The van der Waals surface area contributed by atoms with Gasteiger partial charge in [-0.2, -0.15) is 0 Å². The molecule has 2 aromatic carbocycles. The van der Waals surface area contributed by atoms with Gasteiger partial charge in [-0.3, -0.25) is 4.90 Å². The molecule has 0 radical (unpaired) electrons. The Balaban J connectivity index is 1.66. The van der Waals surface area contributed by atoms with Gasteiger partial charge >= 0.3 is 0 Å². The molecule has 1 heterocycles. The molecule has 1 aliphatic heterocycles. The van der Waals surface area contributed by atoms with Crippen LogP contribution in [0.1, 0.15) is 5.56 Å². The Kier molecular flexibility index (Phi) is 6.58. The first-order valence-electron chi connectivity index (χ1n) is 8.77. The Morgan fingerprint density at radius 2 is 1.44 bits per heavy atom. The molecule has 146 valence electrons. The molecule has 1 saturated heterocycles. The van der Waals surface area contributed by atoms with Crippen molar-refractivity contribution in [2.24, 2.45) is 0 Å². The van der Waals surface area contributed by atoms with Gasteiger partial charge in [-0.1, -0.05) is 23.2 Å². The number of benzene rings is 2. The molecule has 1 fully saturated rings. The second-order valence-corrected chi connectivity index (χ2v) is 7.21. The van der Waals surface area contributed by atoms with Crippen molar-refractivity contribution in [2.45, 2.75) is 6.54 Å². The smallest absolute Gasteiger partial charge is 0.203 e. The maximum atomic E-state index is 6.15. The van der Waals surface area contributed by atoms with Crippen LogP contribution in [0.15, 0.2) is 30.3 Å². The highest BCUT2D eigenvalue weighted by Gasteiger charge is 2.20. The predicted molar refractivity (Wildman–Crippen MR) is 110 cm³/mol. The van der Waals surface area contributed by atoms with Gasteiger partial charge in [0, 0.05) is 38.4 Å². The second-order valence-electron chi connectivity index (χ2n) is 6.40. The van der Waals surface area contributed by atoms with E-state index in [2.05, 4.69) is 9.80 Å². The van der Waals surface area contributed by atoms with Gasteiger partial charge in [0.15, 0.2) is 11.5 Å². The van der Waals surface area contributed by atoms with Crippen molar-refractivity contribution in [1.29, 1.82) is 0 Å². The molecule has 7 heteroatoms. The standard InChI is InChI=1S/C20H24Cl2N2O3/c1-25-18-10-14(11-19(26-2)20(18)27-3)13-23-6-8-24(9-7-23)15-4-5-16(21)17(22)12-15/h4-5,10-12H,6-9,13H2,1-3H3. The van der Waals surface area contributed by atoms with Crippen LogP contribution >= 0.6 is 23.2 Å². The molecular weight excluding hydrogens is 387 g/mol. The van der Waals surface area contributed by atoms with E-state index in [1.165, 1.54) is 0 Å². The molecule has 0 atom stereocenters. The number of hydrogen-bond acceptors (Lipinski definition) is 5. The lowest BCUT2D eigenvalue weighted by atomic mass is 10.1. The average molecular weight is 411 g/mol. The molecule has 0 spiro atoms. The van der Waals surface area contributed by atoms with E-state index in [1.54, 1.807) is 21.3 Å². The monoisotopic (exact) mass is 410 g/mol. The summed E-state index contributed by atoms with van der Waals surface area (Å²) in [4.78, 5) is 4.74. The number of piperazine rings is 1. The first-order chi connectivity index (χ1) is 13.0. The summed E-state index contributed by atoms with van der Waals surface area (Å²) in [6.07, 6.45) is 0. The van der Waals surface area contributed by atoms with E-state index in [1.807, 2.05) is 30.3 Å². The molecule has 0 unspecified atom stereocenters. The average Bonchev–Trinajstić information content (AvgIpc) is 2.69. The highest BCUT2D eigenvalue weighted by Crippen LogP contribution is 2.38. The number of halogens is 2. The molecule has 1 aliphatic rings. The van der Waals surface area contributed by atoms with Crippen molar-refractivity contribution in [1.82, 2.24) is 4.90 Å². The number of ether oxygens (including phenoxy) is 3. The van der Waals surface area contributed by atoms with Crippen molar-refractivity contribution >= 4 is 28.9 Å². The van der Waals surface area contributed by atoms with Gasteiger partial charge in [0.05, 0.1) is 31.4 Å². The van der Waals surface area contributed by atoms with E-state index >= 15 is 0 Å². The number of nitrogens with zero attached hydrogens (tertiary/aromatic N) is 2. The normalized spacial score (nSPS) is 14.9. The topological polar surface area (TPSA) is 34.2 Å².